The van der Waals surface area contributed by atoms with Crippen molar-refractivity contribution in [1.29, 1.82) is 0 Å². The lowest BCUT2D eigenvalue weighted by Gasteiger charge is -2.09. The zero-order chi connectivity index (χ0) is 18.4. The second-order valence-corrected chi connectivity index (χ2v) is 6.94. The van der Waals surface area contributed by atoms with Gasteiger partial charge in [0.1, 0.15) is 0 Å². The summed E-state index contributed by atoms with van der Waals surface area (Å²) < 4.78 is 1.77. The minimum Gasteiger partial charge on any atom is -0.362 e. The number of hydrogen-bond donors (Lipinski definition) is 2. The summed E-state index contributed by atoms with van der Waals surface area (Å²) in [5, 5.41) is 12.5. The molecule has 0 spiro atoms. The molecule has 0 amide bonds. The minimum absolute atomic E-state index is 0.494. The van der Waals surface area contributed by atoms with Crippen molar-refractivity contribution in [3.63, 3.8) is 0 Å². The summed E-state index contributed by atoms with van der Waals surface area (Å²) >= 11 is 17.7. The van der Waals surface area contributed by atoms with Crippen LogP contribution in [0.4, 0.5) is 5.82 Å². The SMILES string of the molecule is S=C(NCCc1ccccc1)Nc1ccn(Cc2c(Cl)cccc2Cl)n1. The summed E-state index contributed by atoms with van der Waals surface area (Å²) in [7, 11) is 0. The summed E-state index contributed by atoms with van der Waals surface area (Å²) in [6.07, 6.45) is 2.76. The molecule has 0 saturated carbocycles. The average Bonchev–Trinajstić information content (AvgIpc) is 3.06. The third-order valence-electron chi connectivity index (χ3n) is 3.81. The van der Waals surface area contributed by atoms with Crippen LogP contribution in [-0.2, 0) is 13.0 Å². The number of nitrogens with zero attached hydrogens (tertiary/aromatic N) is 2. The zero-order valence-electron chi connectivity index (χ0n) is 14.0. The molecular weight excluding hydrogens is 387 g/mol. The Morgan fingerprint density at radius 2 is 1.73 bits per heavy atom. The van der Waals surface area contributed by atoms with E-state index in [0.29, 0.717) is 27.5 Å². The number of anilines is 1. The van der Waals surface area contributed by atoms with Crippen LogP contribution in [0.5, 0.6) is 0 Å². The summed E-state index contributed by atoms with van der Waals surface area (Å²) in [6, 6.07) is 17.6. The van der Waals surface area contributed by atoms with Gasteiger partial charge < -0.3 is 10.6 Å². The Balaban J connectivity index is 1.51. The van der Waals surface area contributed by atoms with Crippen molar-refractivity contribution >= 4 is 46.4 Å². The zero-order valence-corrected chi connectivity index (χ0v) is 16.3. The number of hydrogen-bond acceptors (Lipinski definition) is 2. The van der Waals surface area contributed by atoms with Crippen LogP contribution < -0.4 is 10.6 Å². The number of benzene rings is 2. The normalized spacial score (nSPS) is 10.5. The number of rotatable bonds is 6. The molecule has 2 aromatic carbocycles. The van der Waals surface area contributed by atoms with Gasteiger partial charge in [0.15, 0.2) is 10.9 Å². The second-order valence-electron chi connectivity index (χ2n) is 5.72. The highest BCUT2D eigenvalue weighted by atomic mass is 35.5. The quantitative estimate of drug-likeness (QED) is 0.580. The van der Waals surface area contributed by atoms with E-state index in [9.17, 15) is 0 Å². The molecule has 0 atom stereocenters. The lowest BCUT2D eigenvalue weighted by Crippen LogP contribution is -2.30. The number of aromatic nitrogens is 2. The molecule has 3 rings (SSSR count). The fourth-order valence-electron chi connectivity index (χ4n) is 2.49. The Labute approximate surface area is 168 Å². The molecule has 26 heavy (non-hydrogen) atoms. The number of thiocarbonyl (C=S) groups is 1. The van der Waals surface area contributed by atoms with Gasteiger partial charge in [0.25, 0.3) is 0 Å². The predicted octanol–water partition coefficient (Wildman–Crippen LogP) is 4.77. The first-order valence-electron chi connectivity index (χ1n) is 8.17. The van der Waals surface area contributed by atoms with Crippen molar-refractivity contribution < 1.29 is 0 Å². The number of nitrogens with one attached hydrogen (secondary N) is 2. The van der Waals surface area contributed by atoms with E-state index >= 15 is 0 Å². The predicted molar refractivity (Wildman–Crippen MR) is 112 cm³/mol. The van der Waals surface area contributed by atoms with Gasteiger partial charge >= 0.3 is 0 Å². The largest absolute Gasteiger partial charge is 0.362 e. The first kappa shape index (κ1) is 18.7. The highest BCUT2D eigenvalue weighted by molar-refractivity contribution is 7.80. The molecule has 2 N–H and O–H groups in total. The summed E-state index contributed by atoms with van der Waals surface area (Å²) in [5.41, 5.74) is 2.11. The van der Waals surface area contributed by atoms with Crippen LogP contribution in [0.25, 0.3) is 0 Å². The molecule has 7 heteroatoms. The molecular formula is C19H18Cl2N4S. The van der Waals surface area contributed by atoms with Crippen LogP contribution in [-0.4, -0.2) is 21.4 Å². The van der Waals surface area contributed by atoms with Gasteiger partial charge in [-0.2, -0.15) is 5.10 Å². The van der Waals surface area contributed by atoms with Crippen LogP contribution in [0.15, 0.2) is 60.8 Å². The van der Waals surface area contributed by atoms with Crippen LogP contribution in [0, 0.1) is 0 Å². The van der Waals surface area contributed by atoms with Crippen molar-refractivity contribution in [2.75, 3.05) is 11.9 Å². The van der Waals surface area contributed by atoms with Gasteiger partial charge in [-0.15, -0.1) is 0 Å². The van der Waals surface area contributed by atoms with Gasteiger partial charge in [0.2, 0.25) is 0 Å². The Hall–Kier alpha value is -2.08. The van der Waals surface area contributed by atoms with Crippen molar-refractivity contribution in [3.8, 4) is 0 Å². The highest BCUT2D eigenvalue weighted by Crippen LogP contribution is 2.25. The van der Waals surface area contributed by atoms with Gasteiger partial charge in [-0.25, -0.2) is 0 Å². The first-order chi connectivity index (χ1) is 12.6. The van der Waals surface area contributed by atoms with E-state index in [1.807, 2.05) is 48.7 Å². The molecule has 0 aliphatic carbocycles. The third-order valence-corrected chi connectivity index (χ3v) is 4.76. The van der Waals surface area contributed by atoms with Crippen LogP contribution in [0.2, 0.25) is 10.0 Å². The van der Waals surface area contributed by atoms with E-state index in [0.717, 1.165) is 18.5 Å². The summed E-state index contributed by atoms with van der Waals surface area (Å²) in [6.45, 7) is 1.25. The van der Waals surface area contributed by atoms with E-state index in [1.165, 1.54) is 5.56 Å². The molecule has 134 valence electrons. The molecule has 0 unspecified atom stereocenters. The fraction of sp³-hybridized carbons (Fsp3) is 0.158. The molecule has 0 aliphatic rings. The molecule has 1 aromatic heterocycles. The molecule has 0 radical (unpaired) electrons. The molecule has 1 heterocycles. The lowest BCUT2D eigenvalue weighted by atomic mass is 10.1. The molecule has 0 bridgehead atoms. The molecule has 0 saturated heterocycles. The van der Waals surface area contributed by atoms with Crippen LogP contribution >= 0.6 is 35.4 Å². The Kier molecular flexibility index (Phi) is 6.50. The molecule has 3 aromatic rings. The van der Waals surface area contributed by atoms with Gasteiger partial charge in [0, 0.05) is 34.4 Å². The molecule has 4 nitrogen and oxygen atoms in total. The summed E-state index contributed by atoms with van der Waals surface area (Å²) in [5.74, 6) is 0.672. The van der Waals surface area contributed by atoms with Crippen molar-refractivity contribution in [2.24, 2.45) is 0 Å². The fourth-order valence-corrected chi connectivity index (χ4v) is 3.21. The van der Waals surface area contributed by atoms with E-state index in [1.54, 1.807) is 4.68 Å². The van der Waals surface area contributed by atoms with Crippen LogP contribution in [0.1, 0.15) is 11.1 Å². The highest BCUT2D eigenvalue weighted by Gasteiger charge is 2.08. The van der Waals surface area contributed by atoms with Gasteiger partial charge in [-0.05, 0) is 36.3 Å². The minimum atomic E-state index is 0.494. The van der Waals surface area contributed by atoms with E-state index in [2.05, 4.69) is 27.9 Å². The lowest BCUT2D eigenvalue weighted by molar-refractivity contribution is 0.690. The number of halogens is 2. The van der Waals surface area contributed by atoms with Gasteiger partial charge in [0.05, 0.1) is 6.54 Å². The van der Waals surface area contributed by atoms with Crippen molar-refractivity contribution in [1.82, 2.24) is 15.1 Å². The van der Waals surface area contributed by atoms with E-state index in [4.69, 9.17) is 35.4 Å². The smallest absolute Gasteiger partial charge is 0.172 e. The standard InChI is InChI=1S/C19H18Cl2N4S/c20-16-7-4-8-17(21)15(16)13-25-12-10-18(24-25)23-19(26)22-11-9-14-5-2-1-3-6-14/h1-8,10,12H,9,11,13H2,(H2,22,23,24,26). The molecule has 0 aliphatic heterocycles. The monoisotopic (exact) mass is 404 g/mol. The topological polar surface area (TPSA) is 41.9 Å². The maximum atomic E-state index is 6.21. The Bertz CT molecular complexity index is 860. The van der Waals surface area contributed by atoms with Crippen LogP contribution in [0.3, 0.4) is 0 Å². The maximum absolute atomic E-state index is 6.21. The third kappa shape index (κ3) is 5.21. The summed E-state index contributed by atoms with van der Waals surface area (Å²) in [4.78, 5) is 0. The second kappa shape index (κ2) is 9.03. The maximum Gasteiger partial charge on any atom is 0.172 e. The van der Waals surface area contributed by atoms with Crippen molar-refractivity contribution in [2.45, 2.75) is 13.0 Å². The average molecular weight is 405 g/mol. The first-order valence-corrected chi connectivity index (χ1v) is 9.33. The van der Waals surface area contributed by atoms with Crippen molar-refractivity contribution in [3.05, 3.63) is 82.0 Å². The molecule has 0 fully saturated rings. The Morgan fingerprint density at radius 3 is 2.46 bits per heavy atom. The van der Waals surface area contributed by atoms with E-state index in [-0.39, 0.29) is 0 Å². The van der Waals surface area contributed by atoms with Gasteiger partial charge in [-0.1, -0.05) is 59.6 Å². The van der Waals surface area contributed by atoms with E-state index < -0.39 is 0 Å². The van der Waals surface area contributed by atoms with Gasteiger partial charge in [-0.3, -0.25) is 4.68 Å². The Morgan fingerprint density at radius 1 is 1.00 bits per heavy atom.